The first-order chi connectivity index (χ1) is 12.0. The van der Waals surface area contributed by atoms with Crippen molar-refractivity contribution in [3.63, 3.8) is 0 Å². The van der Waals surface area contributed by atoms with Crippen LogP contribution in [-0.4, -0.2) is 25.5 Å². The lowest BCUT2D eigenvalue weighted by Crippen LogP contribution is -2.22. The Balaban J connectivity index is 1.56. The van der Waals surface area contributed by atoms with Crippen molar-refractivity contribution in [2.75, 3.05) is 0 Å². The van der Waals surface area contributed by atoms with Crippen LogP contribution in [0.1, 0.15) is 32.7 Å². The molecule has 0 aliphatic heterocycles. The number of nitrogens with one attached hydrogen (secondary N) is 2. The van der Waals surface area contributed by atoms with Crippen molar-refractivity contribution in [3.05, 3.63) is 64.7 Å². The number of rotatable bonds is 3. The zero-order valence-corrected chi connectivity index (χ0v) is 14.4. The van der Waals surface area contributed by atoms with Crippen molar-refractivity contribution in [2.24, 2.45) is 0 Å². The fourth-order valence-electron chi connectivity index (χ4n) is 3.02. The maximum Gasteiger partial charge on any atom is 0.257 e. The van der Waals surface area contributed by atoms with E-state index in [1.165, 1.54) is 16.6 Å². The second kappa shape index (κ2) is 5.73. The smallest absolute Gasteiger partial charge is 0.257 e. The summed E-state index contributed by atoms with van der Waals surface area (Å²) in [6.07, 6.45) is 5.14. The number of carbonyl (C=O) groups excluding carboxylic acids is 1. The van der Waals surface area contributed by atoms with Gasteiger partial charge in [0.25, 0.3) is 5.91 Å². The molecule has 0 aliphatic rings. The molecule has 0 bridgehead atoms. The summed E-state index contributed by atoms with van der Waals surface area (Å²) in [6.45, 7) is 6.57. The van der Waals surface area contributed by atoms with Crippen LogP contribution >= 0.6 is 0 Å². The zero-order valence-electron chi connectivity index (χ0n) is 14.4. The van der Waals surface area contributed by atoms with Gasteiger partial charge in [-0.2, -0.15) is 5.10 Å². The summed E-state index contributed by atoms with van der Waals surface area (Å²) >= 11 is 0. The highest BCUT2D eigenvalue weighted by Crippen LogP contribution is 2.22. The molecule has 4 aromatic rings. The third-order valence-corrected chi connectivity index (χ3v) is 4.56. The molecule has 0 unspecified atom stereocenters. The van der Waals surface area contributed by atoms with Gasteiger partial charge in [-0.25, -0.2) is 9.50 Å². The predicted molar refractivity (Wildman–Crippen MR) is 96.7 cm³/mol. The third-order valence-electron chi connectivity index (χ3n) is 4.56. The number of aromatic amines is 1. The van der Waals surface area contributed by atoms with E-state index in [9.17, 15) is 4.79 Å². The van der Waals surface area contributed by atoms with E-state index in [1.54, 1.807) is 16.9 Å². The van der Waals surface area contributed by atoms with Crippen molar-refractivity contribution < 1.29 is 4.79 Å². The molecule has 3 aromatic heterocycles. The standard InChI is InChI=1S/C19H19N5O/c1-11-7-20-18-16(9-22-24(18)10-11)19(25)21-8-14-4-5-17-15(6-14)12(2)13(3)23-17/h4-7,9-10,23H,8H2,1-3H3,(H,21,25). The molecule has 0 saturated carbocycles. The molecule has 126 valence electrons. The van der Waals surface area contributed by atoms with Crippen molar-refractivity contribution in [1.82, 2.24) is 24.9 Å². The molecule has 0 atom stereocenters. The molecule has 6 heteroatoms. The first-order valence-corrected chi connectivity index (χ1v) is 8.19. The van der Waals surface area contributed by atoms with Gasteiger partial charge in [0.15, 0.2) is 5.65 Å². The fourth-order valence-corrected chi connectivity index (χ4v) is 3.02. The van der Waals surface area contributed by atoms with Crippen LogP contribution in [0, 0.1) is 20.8 Å². The fraction of sp³-hybridized carbons (Fsp3) is 0.211. The number of carbonyl (C=O) groups is 1. The predicted octanol–water partition coefficient (Wildman–Crippen LogP) is 3.07. The number of fused-ring (bicyclic) bond motifs is 2. The van der Waals surface area contributed by atoms with E-state index < -0.39 is 0 Å². The average molecular weight is 333 g/mol. The number of H-pyrrole nitrogens is 1. The molecule has 0 radical (unpaired) electrons. The van der Waals surface area contributed by atoms with E-state index in [2.05, 4.69) is 46.4 Å². The molecule has 1 amide bonds. The molecule has 0 fully saturated rings. The highest BCUT2D eigenvalue weighted by molar-refractivity contribution is 5.99. The Morgan fingerprint density at radius 1 is 1.24 bits per heavy atom. The van der Waals surface area contributed by atoms with Crippen LogP contribution in [0.25, 0.3) is 16.6 Å². The number of hydrogen-bond acceptors (Lipinski definition) is 3. The van der Waals surface area contributed by atoms with Crippen molar-refractivity contribution in [1.29, 1.82) is 0 Å². The van der Waals surface area contributed by atoms with Crippen LogP contribution in [0.3, 0.4) is 0 Å². The van der Waals surface area contributed by atoms with Crippen LogP contribution in [0.2, 0.25) is 0 Å². The molecule has 0 spiro atoms. The van der Waals surface area contributed by atoms with Crippen LogP contribution < -0.4 is 5.32 Å². The van der Waals surface area contributed by atoms with Crippen LogP contribution in [0.5, 0.6) is 0 Å². The lowest BCUT2D eigenvalue weighted by molar-refractivity contribution is 0.0952. The molecular weight excluding hydrogens is 314 g/mol. The minimum Gasteiger partial charge on any atom is -0.358 e. The summed E-state index contributed by atoms with van der Waals surface area (Å²) in [7, 11) is 0. The van der Waals surface area contributed by atoms with Gasteiger partial charge in [0.05, 0.1) is 6.20 Å². The summed E-state index contributed by atoms with van der Waals surface area (Å²) in [4.78, 5) is 20.2. The Labute approximate surface area is 144 Å². The molecule has 2 N–H and O–H groups in total. The minimum atomic E-state index is -0.173. The molecule has 0 saturated heterocycles. The van der Waals surface area contributed by atoms with Gasteiger partial charge < -0.3 is 10.3 Å². The van der Waals surface area contributed by atoms with Gasteiger partial charge in [-0.05, 0) is 49.6 Å². The second-order valence-corrected chi connectivity index (χ2v) is 6.40. The summed E-state index contributed by atoms with van der Waals surface area (Å²) in [5, 5.41) is 8.35. The zero-order chi connectivity index (χ0) is 17.6. The monoisotopic (exact) mass is 333 g/mol. The second-order valence-electron chi connectivity index (χ2n) is 6.40. The Bertz CT molecular complexity index is 1110. The Hall–Kier alpha value is -3.15. The average Bonchev–Trinajstić information content (AvgIpc) is 3.14. The molecule has 1 aromatic carbocycles. The molecule has 0 aliphatic carbocycles. The van der Waals surface area contributed by atoms with Gasteiger partial charge in [0.1, 0.15) is 5.56 Å². The van der Waals surface area contributed by atoms with Crippen molar-refractivity contribution in [2.45, 2.75) is 27.3 Å². The van der Waals surface area contributed by atoms with E-state index in [1.807, 2.05) is 19.2 Å². The number of hydrogen-bond donors (Lipinski definition) is 2. The summed E-state index contributed by atoms with van der Waals surface area (Å²) < 4.78 is 1.63. The van der Waals surface area contributed by atoms with Crippen LogP contribution in [-0.2, 0) is 6.54 Å². The van der Waals surface area contributed by atoms with Crippen LogP contribution in [0.15, 0.2) is 36.8 Å². The topological polar surface area (TPSA) is 75.1 Å². The van der Waals surface area contributed by atoms with E-state index in [-0.39, 0.29) is 5.91 Å². The van der Waals surface area contributed by atoms with Crippen molar-refractivity contribution in [3.8, 4) is 0 Å². The summed E-state index contributed by atoms with van der Waals surface area (Å²) in [6, 6.07) is 6.19. The Morgan fingerprint density at radius 3 is 2.92 bits per heavy atom. The molecule has 6 nitrogen and oxygen atoms in total. The van der Waals surface area contributed by atoms with Gasteiger partial charge in [-0.1, -0.05) is 6.07 Å². The number of aryl methyl sites for hydroxylation is 3. The SMILES string of the molecule is Cc1cnc2c(C(=O)NCc3ccc4[nH]c(C)c(C)c4c3)cnn2c1. The third kappa shape index (κ3) is 2.65. The normalized spacial score (nSPS) is 11.3. The molecule has 3 heterocycles. The van der Waals surface area contributed by atoms with Gasteiger partial charge in [0, 0.05) is 35.5 Å². The van der Waals surface area contributed by atoms with Gasteiger partial charge in [-0.3, -0.25) is 4.79 Å². The number of benzene rings is 1. The first-order valence-electron chi connectivity index (χ1n) is 8.19. The van der Waals surface area contributed by atoms with E-state index >= 15 is 0 Å². The maximum atomic E-state index is 12.5. The van der Waals surface area contributed by atoms with E-state index in [0.29, 0.717) is 17.8 Å². The highest BCUT2D eigenvalue weighted by Gasteiger charge is 2.14. The largest absolute Gasteiger partial charge is 0.358 e. The van der Waals surface area contributed by atoms with Gasteiger partial charge >= 0.3 is 0 Å². The van der Waals surface area contributed by atoms with Gasteiger partial charge in [-0.15, -0.1) is 0 Å². The Kier molecular flexibility index (Phi) is 3.53. The first kappa shape index (κ1) is 15.4. The molecule has 25 heavy (non-hydrogen) atoms. The molecular formula is C19H19N5O. The Morgan fingerprint density at radius 2 is 2.08 bits per heavy atom. The lowest BCUT2D eigenvalue weighted by atomic mass is 10.1. The van der Waals surface area contributed by atoms with Crippen molar-refractivity contribution >= 4 is 22.5 Å². The highest BCUT2D eigenvalue weighted by atomic mass is 16.1. The maximum absolute atomic E-state index is 12.5. The molecule has 4 rings (SSSR count). The van der Waals surface area contributed by atoms with E-state index in [4.69, 9.17) is 0 Å². The number of nitrogens with zero attached hydrogens (tertiary/aromatic N) is 3. The van der Waals surface area contributed by atoms with E-state index in [0.717, 1.165) is 16.6 Å². The minimum absolute atomic E-state index is 0.173. The number of aromatic nitrogens is 4. The summed E-state index contributed by atoms with van der Waals surface area (Å²) in [5.41, 5.74) is 6.63. The van der Waals surface area contributed by atoms with Crippen LogP contribution in [0.4, 0.5) is 0 Å². The van der Waals surface area contributed by atoms with Gasteiger partial charge in [0.2, 0.25) is 0 Å². The quantitative estimate of drug-likeness (QED) is 0.605. The number of amides is 1. The summed E-state index contributed by atoms with van der Waals surface area (Å²) in [5.74, 6) is -0.173. The lowest BCUT2D eigenvalue weighted by Gasteiger charge is -2.05.